The summed E-state index contributed by atoms with van der Waals surface area (Å²) in [5.41, 5.74) is 1.54. The Morgan fingerprint density at radius 2 is 1.76 bits per heavy atom. The Kier molecular flexibility index (Phi) is 7.98. The molecule has 2 aliphatic heterocycles. The number of thiophene rings is 1. The lowest BCUT2D eigenvalue weighted by Crippen LogP contribution is -2.53. The average Bonchev–Trinajstić information content (AvgIpc) is 3.70. The molecule has 5 rings (SSSR count). The first kappa shape index (κ1) is 26.6. The van der Waals surface area contributed by atoms with Crippen LogP contribution >= 0.6 is 11.3 Å². The molecule has 3 heterocycles. The Labute approximate surface area is 228 Å². The highest BCUT2D eigenvalue weighted by atomic mass is 32.1. The fourth-order valence-corrected chi connectivity index (χ4v) is 7.06. The lowest BCUT2D eigenvalue weighted by molar-refractivity contribution is -0.138. The van der Waals surface area contributed by atoms with E-state index >= 15 is 0 Å². The van der Waals surface area contributed by atoms with Crippen LogP contribution in [-0.4, -0.2) is 64.5 Å². The number of fused-ring (bicyclic) bond motifs is 1. The number of rotatable bonds is 8. The molecule has 38 heavy (non-hydrogen) atoms. The van der Waals surface area contributed by atoms with Gasteiger partial charge in [-0.2, -0.15) is 0 Å². The van der Waals surface area contributed by atoms with Gasteiger partial charge in [-0.15, -0.1) is 11.3 Å². The molecule has 3 fully saturated rings. The summed E-state index contributed by atoms with van der Waals surface area (Å²) in [5.74, 6) is 0.0368. The minimum atomic E-state index is -0.728. The van der Waals surface area contributed by atoms with Gasteiger partial charge in [0.05, 0.1) is 12.6 Å². The van der Waals surface area contributed by atoms with Gasteiger partial charge in [0.2, 0.25) is 11.8 Å². The van der Waals surface area contributed by atoms with E-state index in [-0.39, 0.29) is 42.0 Å². The largest absolute Gasteiger partial charge is 0.340 e. The summed E-state index contributed by atoms with van der Waals surface area (Å²) in [6, 6.07) is 9.84. The van der Waals surface area contributed by atoms with Crippen LogP contribution in [0.15, 0.2) is 41.8 Å². The van der Waals surface area contributed by atoms with Gasteiger partial charge in [0.15, 0.2) is 5.78 Å². The van der Waals surface area contributed by atoms with E-state index < -0.39 is 12.1 Å². The van der Waals surface area contributed by atoms with Gasteiger partial charge in [-0.05, 0) is 66.7 Å². The van der Waals surface area contributed by atoms with Crippen LogP contribution in [0.5, 0.6) is 0 Å². The van der Waals surface area contributed by atoms with Crippen molar-refractivity contribution >= 4 is 34.8 Å². The summed E-state index contributed by atoms with van der Waals surface area (Å²) in [7, 11) is 0. The number of carbonyl (C=O) groups is 4. The van der Waals surface area contributed by atoms with E-state index in [0.717, 1.165) is 23.3 Å². The second kappa shape index (κ2) is 11.4. The number of benzene rings is 1. The molecular formula is C30H37N3O4S. The fourth-order valence-electron chi connectivity index (χ4n) is 6.33. The molecule has 0 bridgehead atoms. The lowest BCUT2D eigenvalue weighted by Gasteiger charge is -2.29. The quantitative estimate of drug-likeness (QED) is 0.539. The molecule has 1 N–H and O–H groups in total. The molecule has 3 amide bonds. The predicted octanol–water partition coefficient (Wildman–Crippen LogP) is 4.52. The molecule has 0 spiro atoms. The average molecular weight is 536 g/mol. The van der Waals surface area contributed by atoms with Crippen molar-refractivity contribution in [3.63, 3.8) is 0 Å². The van der Waals surface area contributed by atoms with E-state index in [1.165, 1.54) is 12.8 Å². The first-order valence-electron chi connectivity index (χ1n) is 13.9. The molecule has 2 saturated heterocycles. The molecule has 7 nitrogen and oxygen atoms in total. The van der Waals surface area contributed by atoms with Gasteiger partial charge >= 0.3 is 0 Å². The summed E-state index contributed by atoms with van der Waals surface area (Å²) in [4.78, 5) is 57.5. The van der Waals surface area contributed by atoms with Crippen LogP contribution in [0.4, 0.5) is 0 Å². The molecule has 1 aromatic heterocycles. The van der Waals surface area contributed by atoms with E-state index in [1.54, 1.807) is 33.3 Å². The van der Waals surface area contributed by atoms with E-state index in [2.05, 4.69) is 5.32 Å². The maximum atomic E-state index is 13.8. The van der Waals surface area contributed by atoms with E-state index in [1.807, 2.05) is 43.5 Å². The third kappa shape index (κ3) is 5.55. The maximum Gasteiger partial charge on any atom is 0.251 e. The van der Waals surface area contributed by atoms with Gasteiger partial charge in [0.1, 0.15) is 12.1 Å². The highest BCUT2D eigenvalue weighted by Crippen LogP contribution is 2.34. The van der Waals surface area contributed by atoms with Crippen LogP contribution in [0.3, 0.4) is 0 Å². The zero-order valence-corrected chi connectivity index (χ0v) is 23.0. The molecule has 1 aliphatic carbocycles. The highest BCUT2D eigenvalue weighted by molar-refractivity contribution is 7.13. The van der Waals surface area contributed by atoms with Crippen LogP contribution in [0.2, 0.25) is 0 Å². The highest BCUT2D eigenvalue weighted by Gasteiger charge is 2.52. The van der Waals surface area contributed by atoms with Gasteiger partial charge in [-0.3, -0.25) is 19.2 Å². The van der Waals surface area contributed by atoms with Crippen molar-refractivity contribution < 1.29 is 19.2 Å². The minimum absolute atomic E-state index is 0.0464. The molecule has 2 aromatic rings. The number of nitrogens with one attached hydrogen (secondary N) is 1. The van der Waals surface area contributed by atoms with Crippen molar-refractivity contribution in [3.05, 3.63) is 47.3 Å². The molecule has 202 valence electrons. The monoisotopic (exact) mass is 535 g/mol. The maximum absolute atomic E-state index is 13.8. The van der Waals surface area contributed by atoms with Gasteiger partial charge in [0.25, 0.3) is 5.91 Å². The first-order valence-corrected chi connectivity index (χ1v) is 14.8. The standard InChI is InChI=1S/C30H37N3O4S/c1-19(2)16-23(31-29(36)22-11-9-21(10-12-22)26-8-5-15-38-26)30(37)32-14-13-24-28(32)25(34)18-33(24)27(35)17-20-6-3-4-7-20/h5,8-12,15,19-20,23-24,28H,3-4,6-7,13-14,16-18H2,1-2H3,(H,31,36). The summed E-state index contributed by atoms with van der Waals surface area (Å²) < 4.78 is 0. The van der Waals surface area contributed by atoms with Gasteiger partial charge in [-0.1, -0.05) is 44.9 Å². The number of ketones is 1. The SMILES string of the molecule is CC(C)CC(NC(=O)c1ccc(-c2cccs2)cc1)C(=O)N1CCC2C1C(=O)CN2C(=O)CC1CCCC1. The Hall–Kier alpha value is -3.00. The van der Waals surface area contributed by atoms with Crippen molar-refractivity contribution in [1.82, 2.24) is 15.1 Å². The minimum Gasteiger partial charge on any atom is -0.340 e. The number of hydrogen-bond acceptors (Lipinski definition) is 5. The third-order valence-electron chi connectivity index (χ3n) is 8.23. The molecular weight excluding hydrogens is 498 g/mol. The molecule has 3 atom stereocenters. The summed E-state index contributed by atoms with van der Waals surface area (Å²) in [6.07, 6.45) is 6.09. The van der Waals surface area contributed by atoms with E-state index in [4.69, 9.17) is 0 Å². The summed E-state index contributed by atoms with van der Waals surface area (Å²) >= 11 is 1.64. The Morgan fingerprint density at radius 3 is 2.42 bits per heavy atom. The van der Waals surface area contributed by atoms with Crippen LogP contribution in [0.1, 0.15) is 69.2 Å². The third-order valence-corrected chi connectivity index (χ3v) is 9.15. The fraction of sp³-hybridized carbons (Fsp3) is 0.533. The van der Waals surface area contributed by atoms with Crippen molar-refractivity contribution in [1.29, 1.82) is 0 Å². The number of carbonyl (C=O) groups excluding carboxylic acids is 4. The molecule has 1 saturated carbocycles. The Bertz CT molecular complexity index is 1170. The van der Waals surface area contributed by atoms with Gasteiger partial charge < -0.3 is 15.1 Å². The number of Topliss-reactive ketones (excluding diaryl/α,β-unsaturated/α-hetero) is 1. The summed E-state index contributed by atoms with van der Waals surface area (Å²) in [5, 5.41) is 4.97. The van der Waals surface area contributed by atoms with Gasteiger partial charge in [0, 0.05) is 23.4 Å². The van der Waals surface area contributed by atoms with Crippen LogP contribution in [0.25, 0.3) is 10.4 Å². The lowest BCUT2D eigenvalue weighted by atomic mass is 10.0. The predicted molar refractivity (Wildman–Crippen MR) is 148 cm³/mol. The van der Waals surface area contributed by atoms with Crippen LogP contribution < -0.4 is 5.32 Å². The van der Waals surface area contributed by atoms with Crippen LogP contribution in [0, 0.1) is 11.8 Å². The number of nitrogens with zero attached hydrogens (tertiary/aromatic N) is 2. The topological polar surface area (TPSA) is 86.8 Å². The van der Waals surface area contributed by atoms with Crippen molar-refractivity contribution in [2.75, 3.05) is 13.1 Å². The molecule has 8 heteroatoms. The second-order valence-corrected chi connectivity index (χ2v) is 12.3. The van der Waals surface area contributed by atoms with Gasteiger partial charge in [-0.25, -0.2) is 0 Å². The second-order valence-electron chi connectivity index (χ2n) is 11.4. The number of amides is 3. The van der Waals surface area contributed by atoms with E-state index in [9.17, 15) is 19.2 Å². The molecule has 3 aliphatic rings. The zero-order chi connectivity index (χ0) is 26.8. The van der Waals surface area contributed by atoms with Crippen molar-refractivity contribution in [3.8, 4) is 10.4 Å². The van der Waals surface area contributed by atoms with Crippen molar-refractivity contribution in [2.45, 2.75) is 76.9 Å². The van der Waals surface area contributed by atoms with Crippen LogP contribution in [-0.2, 0) is 14.4 Å². The molecule has 1 aromatic carbocycles. The summed E-state index contributed by atoms with van der Waals surface area (Å²) in [6.45, 7) is 4.54. The Morgan fingerprint density at radius 1 is 1.03 bits per heavy atom. The normalized spacial score (nSPS) is 22.2. The first-order chi connectivity index (χ1) is 18.3. The zero-order valence-electron chi connectivity index (χ0n) is 22.2. The van der Waals surface area contributed by atoms with Crippen molar-refractivity contribution in [2.24, 2.45) is 11.8 Å². The molecule has 0 radical (unpaired) electrons. The Balaban J connectivity index is 1.26. The molecule has 3 unspecified atom stereocenters. The number of likely N-dealkylation sites (tertiary alicyclic amines) is 2. The number of hydrogen-bond donors (Lipinski definition) is 1. The van der Waals surface area contributed by atoms with E-state index in [0.29, 0.717) is 37.3 Å². The smallest absolute Gasteiger partial charge is 0.251 e.